The SMILES string of the molecule is O=C(Nc1ccc(Cn2cncn2)cc1)c1cc2ccccc2oc1=O. The molecule has 26 heavy (non-hydrogen) atoms. The highest BCUT2D eigenvalue weighted by Gasteiger charge is 2.13. The van der Waals surface area contributed by atoms with Crippen molar-refractivity contribution in [2.45, 2.75) is 6.54 Å². The van der Waals surface area contributed by atoms with Crippen molar-refractivity contribution in [1.29, 1.82) is 0 Å². The summed E-state index contributed by atoms with van der Waals surface area (Å²) in [6.07, 6.45) is 3.11. The minimum atomic E-state index is -0.663. The molecule has 0 radical (unpaired) electrons. The summed E-state index contributed by atoms with van der Waals surface area (Å²) in [5, 5.41) is 7.46. The fraction of sp³-hybridized carbons (Fsp3) is 0.0526. The van der Waals surface area contributed by atoms with Crippen LogP contribution >= 0.6 is 0 Å². The zero-order valence-electron chi connectivity index (χ0n) is 13.6. The van der Waals surface area contributed by atoms with Crippen LogP contribution in [0.4, 0.5) is 5.69 Å². The van der Waals surface area contributed by atoms with Crippen LogP contribution in [0.3, 0.4) is 0 Å². The van der Waals surface area contributed by atoms with Crippen LogP contribution in [0, 0.1) is 0 Å². The minimum Gasteiger partial charge on any atom is -0.422 e. The van der Waals surface area contributed by atoms with Gasteiger partial charge in [0.05, 0.1) is 6.54 Å². The quantitative estimate of drug-likeness (QED) is 0.574. The predicted molar refractivity (Wildman–Crippen MR) is 96.0 cm³/mol. The van der Waals surface area contributed by atoms with Gasteiger partial charge in [0.25, 0.3) is 5.91 Å². The molecule has 2 aromatic heterocycles. The Morgan fingerprint density at radius 2 is 1.92 bits per heavy atom. The number of nitrogens with zero attached hydrogens (tertiary/aromatic N) is 3. The van der Waals surface area contributed by atoms with Crippen LogP contribution in [-0.2, 0) is 6.54 Å². The van der Waals surface area contributed by atoms with E-state index >= 15 is 0 Å². The Balaban J connectivity index is 1.53. The van der Waals surface area contributed by atoms with Gasteiger partial charge in [-0.1, -0.05) is 30.3 Å². The van der Waals surface area contributed by atoms with Crippen LogP contribution in [-0.4, -0.2) is 20.7 Å². The highest BCUT2D eigenvalue weighted by molar-refractivity contribution is 6.05. The van der Waals surface area contributed by atoms with Crippen LogP contribution in [0.15, 0.2) is 76.5 Å². The third kappa shape index (κ3) is 3.23. The molecule has 4 aromatic rings. The fourth-order valence-electron chi connectivity index (χ4n) is 2.61. The number of para-hydroxylation sites is 1. The van der Waals surface area contributed by atoms with E-state index in [9.17, 15) is 9.59 Å². The number of amides is 1. The Morgan fingerprint density at radius 1 is 1.12 bits per heavy atom. The zero-order chi connectivity index (χ0) is 17.9. The lowest BCUT2D eigenvalue weighted by Crippen LogP contribution is -2.20. The Hall–Kier alpha value is -3.74. The first-order valence-corrected chi connectivity index (χ1v) is 7.95. The predicted octanol–water partition coefficient (Wildman–Crippen LogP) is 2.69. The highest BCUT2D eigenvalue weighted by atomic mass is 16.4. The number of rotatable bonds is 4. The Kier molecular flexibility index (Phi) is 4.03. The van der Waals surface area contributed by atoms with Crippen molar-refractivity contribution < 1.29 is 9.21 Å². The third-order valence-corrected chi connectivity index (χ3v) is 3.91. The van der Waals surface area contributed by atoms with E-state index in [2.05, 4.69) is 15.4 Å². The van der Waals surface area contributed by atoms with E-state index < -0.39 is 11.5 Å². The zero-order valence-corrected chi connectivity index (χ0v) is 13.6. The number of fused-ring (bicyclic) bond motifs is 1. The van der Waals surface area contributed by atoms with Crippen molar-refractivity contribution in [3.63, 3.8) is 0 Å². The molecule has 0 bridgehead atoms. The summed E-state index contributed by atoms with van der Waals surface area (Å²) < 4.78 is 6.90. The number of benzene rings is 2. The summed E-state index contributed by atoms with van der Waals surface area (Å²) in [4.78, 5) is 28.4. The van der Waals surface area contributed by atoms with Crippen molar-refractivity contribution >= 4 is 22.6 Å². The van der Waals surface area contributed by atoms with Crippen molar-refractivity contribution in [3.05, 3.63) is 88.8 Å². The van der Waals surface area contributed by atoms with E-state index in [0.717, 1.165) is 5.56 Å². The van der Waals surface area contributed by atoms with Crippen molar-refractivity contribution in [2.24, 2.45) is 0 Å². The molecule has 0 unspecified atom stereocenters. The van der Waals surface area contributed by atoms with Gasteiger partial charge < -0.3 is 9.73 Å². The molecule has 128 valence electrons. The average molecular weight is 346 g/mol. The van der Waals surface area contributed by atoms with Crippen molar-refractivity contribution in [1.82, 2.24) is 14.8 Å². The van der Waals surface area contributed by atoms with Crippen LogP contribution < -0.4 is 10.9 Å². The first-order chi connectivity index (χ1) is 12.7. The molecule has 1 amide bonds. The van der Waals surface area contributed by atoms with Gasteiger partial charge in [-0.15, -0.1) is 0 Å². The van der Waals surface area contributed by atoms with Gasteiger partial charge in [0.15, 0.2) is 0 Å². The second kappa shape index (κ2) is 6.64. The molecule has 0 saturated heterocycles. The molecule has 0 saturated carbocycles. The number of aromatic nitrogens is 3. The molecule has 0 atom stereocenters. The van der Waals surface area contributed by atoms with E-state index in [1.54, 1.807) is 41.3 Å². The van der Waals surface area contributed by atoms with Gasteiger partial charge in [0.2, 0.25) is 0 Å². The number of hydrogen-bond acceptors (Lipinski definition) is 5. The molecule has 7 nitrogen and oxygen atoms in total. The minimum absolute atomic E-state index is 0.0320. The molecule has 0 spiro atoms. The van der Waals surface area contributed by atoms with Gasteiger partial charge in [-0.05, 0) is 29.8 Å². The molecule has 2 aromatic carbocycles. The summed E-state index contributed by atoms with van der Waals surface area (Å²) in [7, 11) is 0. The third-order valence-electron chi connectivity index (χ3n) is 3.91. The molecular weight excluding hydrogens is 332 g/mol. The van der Waals surface area contributed by atoms with Crippen molar-refractivity contribution in [3.8, 4) is 0 Å². The molecular formula is C19H14N4O3. The monoisotopic (exact) mass is 346 g/mol. The fourth-order valence-corrected chi connectivity index (χ4v) is 2.61. The van der Waals surface area contributed by atoms with E-state index in [-0.39, 0.29) is 5.56 Å². The summed E-state index contributed by atoms with van der Waals surface area (Å²) >= 11 is 0. The Morgan fingerprint density at radius 3 is 2.69 bits per heavy atom. The van der Waals surface area contributed by atoms with Gasteiger partial charge in [-0.25, -0.2) is 14.5 Å². The lowest BCUT2D eigenvalue weighted by molar-refractivity contribution is 0.102. The lowest BCUT2D eigenvalue weighted by Gasteiger charge is -2.07. The van der Waals surface area contributed by atoms with E-state index in [0.29, 0.717) is 23.2 Å². The van der Waals surface area contributed by atoms with Gasteiger partial charge in [-0.2, -0.15) is 5.10 Å². The number of nitrogens with one attached hydrogen (secondary N) is 1. The molecule has 1 N–H and O–H groups in total. The summed E-state index contributed by atoms with van der Waals surface area (Å²) in [6, 6.07) is 15.9. The van der Waals surface area contributed by atoms with E-state index in [4.69, 9.17) is 4.42 Å². The normalized spacial score (nSPS) is 10.8. The second-order valence-electron chi connectivity index (χ2n) is 5.73. The van der Waals surface area contributed by atoms with Gasteiger partial charge in [0, 0.05) is 11.1 Å². The summed E-state index contributed by atoms with van der Waals surface area (Å²) in [5.41, 5.74) is 1.36. The van der Waals surface area contributed by atoms with Crippen LogP contribution in [0.5, 0.6) is 0 Å². The van der Waals surface area contributed by atoms with Crippen LogP contribution in [0.1, 0.15) is 15.9 Å². The smallest absolute Gasteiger partial charge is 0.349 e. The highest BCUT2D eigenvalue weighted by Crippen LogP contribution is 2.15. The first kappa shape index (κ1) is 15.8. The first-order valence-electron chi connectivity index (χ1n) is 7.95. The molecule has 7 heteroatoms. The summed E-state index contributed by atoms with van der Waals surface area (Å²) in [6.45, 7) is 0.586. The number of hydrogen-bond donors (Lipinski definition) is 1. The molecule has 4 rings (SSSR count). The Bertz CT molecular complexity index is 1120. The maximum atomic E-state index is 12.4. The molecule has 0 aliphatic rings. The topological polar surface area (TPSA) is 90.0 Å². The van der Waals surface area contributed by atoms with E-state index in [1.807, 2.05) is 18.2 Å². The van der Waals surface area contributed by atoms with Crippen molar-refractivity contribution in [2.75, 3.05) is 5.32 Å². The average Bonchev–Trinajstić information content (AvgIpc) is 3.16. The molecule has 0 fully saturated rings. The van der Waals surface area contributed by atoms with Gasteiger partial charge in [0.1, 0.15) is 23.8 Å². The van der Waals surface area contributed by atoms with Crippen LogP contribution in [0.25, 0.3) is 11.0 Å². The molecule has 0 aliphatic heterocycles. The molecule has 0 aliphatic carbocycles. The van der Waals surface area contributed by atoms with Crippen LogP contribution in [0.2, 0.25) is 0 Å². The Labute approximate surface area is 147 Å². The van der Waals surface area contributed by atoms with Gasteiger partial charge >= 0.3 is 5.63 Å². The van der Waals surface area contributed by atoms with Gasteiger partial charge in [-0.3, -0.25) is 4.79 Å². The summed E-state index contributed by atoms with van der Waals surface area (Å²) in [5.74, 6) is -0.506. The largest absolute Gasteiger partial charge is 0.422 e. The maximum absolute atomic E-state index is 12.4. The van der Waals surface area contributed by atoms with E-state index in [1.165, 1.54) is 12.4 Å². The number of anilines is 1. The lowest BCUT2D eigenvalue weighted by atomic mass is 10.1. The number of carbonyl (C=O) groups excluding carboxylic acids is 1. The molecule has 2 heterocycles. The standard InChI is InChI=1S/C19H14N4O3/c24-18(16-9-14-3-1-2-4-17(14)26-19(16)25)22-15-7-5-13(6-8-15)10-23-12-20-11-21-23/h1-9,11-12H,10H2,(H,22,24). The second-order valence-corrected chi connectivity index (χ2v) is 5.73. The maximum Gasteiger partial charge on any atom is 0.349 e. The number of carbonyl (C=O) groups is 1.